The van der Waals surface area contributed by atoms with Gasteiger partial charge in [0.25, 0.3) is 5.91 Å². The maximum atomic E-state index is 12.2. The van der Waals surface area contributed by atoms with E-state index in [0.717, 1.165) is 11.3 Å². The number of nitrogens with two attached hydrogens (primary N) is 1. The Morgan fingerprint density at radius 3 is 2.43 bits per heavy atom. The summed E-state index contributed by atoms with van der Waals surface area (Å²) in [6, 6.07) is 12.6. The van der Waals surface area contributed by atoms with Crippen LogP contribution in [-0.2, 0) is 6.54 Å². The van der Waals surface area contributed by atoms with E-state index in [4.69, 9.17) is 15.2 Å². The van der Waals surface area contributed by atoms with Crippen molar-refractivity contribution in [3.8, 4) is 11.5 Å². The van der Waals surface area contributed by atoms with Crippen LogP contribution in [-0.4, -0.2) is 20.1 Å². The molecule has 3 N–H and O–H groups in total. The monoisotopic (exact) mass is 286 g/mol. The number of anilines is 1. The molecule has 5 heteroatoms. The maximum absolute atomic E-state index is 12.2. The molecule has 0 atom stereocenters. The fraction of sp³-hybridized carbons (Fsp3) is 0.188. The van der Waals surface area contributed by atoms with Gasteiger partial charge in [-0.15, -0.1) is 0 Å². The number of para-hydroxylation sites is 1. The molecule has 0 aliphatic heterocycles. The van der Waals surface area contributed by atoms with Crippen LogP contribution in [0.15, 0.2) is 42.5 Å². The molecule has 0 spiro atoms. The molecule has 0 saturated carbocycles. The minimum absolute atomic E-state index is 0.227. The van der Waals surface area contributed by atoms with Crippen molar-refractivity contribution in [1.82, 2.24) is 5.32 Å². The van der Waals surface area contributed by atoms with E-state index in [2.05, 4.69) is 5.32 Å². The van der Waals surface area contributed by atoms with Gasteiger partial charge in [-0.05, 0) is 29.8 Å². The number of nitrogens with one attached hydrogen (secondary N) is 1. The van der Waals surface area contributed by atoms with E-state index in [9.17, 15) is 4.79 Å². The smallest absolute Gasteiger partial charge is 0.255 e. The Morgan fingerprint density at radius 1 is 1.10 bits per heavy atom. The molecule has 5 nitrogen and oxygen atoms in total. The summed E-state index contributed by atoms with van der Waals surface area (Å²) >= 11 is 0. The minimum atomic E-state index is -0.227. The second kappa shape index (κ2) is 6.65. The molecule has 0 aliphatic rings. The van der Waals surface area contributed by atoms with Crippen molar-refractivity contribution in [2.45, 2.75) is 6.54 Å². The molecule has 0 heterocycles. The summed E-state index contributed by atoms with van der Waals surface area (Å²) in [6.07, 6.45) is 0. The SMILES string of the molecule is COc1ccc(CNC(=O)c2cccc(N)c2OC)cc1. The molecule has 1 amide bonds. The lowest BCUT2D eigenvalue weighted by Crippen LogP contribution is -2.23. The van der Waals surface area contributed by atoms with Crippen LogP contribution in [0, 0.1) is 0 Å². The lowest BCUT2D eigenvalue weighted by atomic mass is 10.1. The van der Waals surface area contributed by atoms with Gasteiger partial charge in [0, 0.05) is 6.54 Å². The predicted octanol–water partition coefficient (Wildman–Crippen LogP) is 2.22. The van der Waals surface area contributed by atoms with Gasteiger partial charge < -0.3 is 20.5 Å². The van der Waals surface area contributed by atoms with E-state index >= 15 is 0 Å². The first kappa shape index (κ1) is 14.7. The molecule has 0 fully saturated rings. The van der Waals surface area contributed by atoms with Crippen LogP contribution in [0.25, 0.3) is 0 Å². The molecule has 0 bridgehead atoms. The number of amides is 1. The van der Waals surface area contributed by atoms with Crippen LogP contribution in [0.1, 0.15) is 15.9 Å². The summed E-state index contributed by atoms with van der Waals surface area (Å²) in [4.78, 5) is 12.2. The molecule has 0 radical (unpaired) electrons. The molecule has 110 valence electrons. The lowest BCUT2D eigenvalue weighted by molar-refractivity contribution is 0.0948. The van der Waals surface area contributed by atoms with Crippen molar-refractivity contribution >= 4 is 11.6 Å². The molecule has 2 rings (SSSR count). The summed E-state index contributed by atoms with van der Waals surface area (Å²) in [6.45, 7) is 0.417. The van der Waals surface area contributed by atoms with Crippen molar-refractivity contribution in [2.24, 2.45) is 0 Å². The molecule has 0 aromatic heterocycles. The molecule has 2 aromatic carbocycles. The van der Waals surface area contributed by atoms with Crippen LogP contribution >= 0.6 is 0 Å². The van der Waals surface area contributed by atoms with Crippen molar-refractivity contribution in [3.63, 3.8) is 0 Å². The number of benzene rings is 2. The number of hydrogen-bond acceptors (Lipinski definition) is 4. The summed E-state index contributed by atoms with van der Waals surface area (Å²) < 4.78 is 10.3. The molecule has 0 saturated heterocycles. The molecule has 2 aromatic rings. The molecule has 0 aliphatic carbocycles. The molecule has 21 heavy (non-hydrogen) atoms. The van der Waals surface area contributed by atoms with E-state index in [1.54, 1.807) is 25.3 Å². The second-order valence-corrected chi connectivity index (χ2v) is 4.46. The topological polar surface area (TPSA) is 73.6 Å². The zero-order valence-corrected chi connectivity index (χ0v) is 12.1. The van der Waals surface area contributed by atoms with Crippen molar-refractivity contribution in [2.75, 3.05) is 20.0 Å². The Labute approximate surface area is 123 Å². The molecular formula is C16H18N2O3. The number of nitrogen functional groups attached to an aromatic ring is 1. The van der Waals surface area contributed by atoms with Gasteiger partial charge in [0.15, 0.2) is 5.75 Å². The number of carbonyl (C=O) groups is 1. The fourth-order valence-corrected chi connectivity index (χ4v) is 1.98. The third-order valence-corrected chi connectivity index (χ3v) is 3.11. The normalized spacial score (nSPS) is 10.0. The Hall–Kier alpha value is -2.69. The van der Waals surface area contributed by atoms with Crippen LogP contribution in [0.5, 0.6) is 11.5 Å². The Kier molecular flexibility index (Phi) is 4.66. The minimum Gasteiger partial charge on any atom is -0.497 e. The fourth-order valence-electron chi connectivity index (χ4n) is 1.98. The van der Waals surface area contributed by atoms with Crippen molar-refractivity contribution in [3.05, 3.63) is 53.6 Å². The quantitative estimate of drug-likeness (QED) is 0.827. The average Bonchev–Trinajstić information content (AvgIpc) is 2.52. The summed E-state index contributed by atoms with van der Waals surface area (Å²) in [5, 5.41) is 2.84. The van der Waals surface area contributed by atoms with Crippen LogP contribution in [0.3, 0.4) is 0 Å². The van der Waals surface area contributed by atoms with E-state index in [1.165, 1.54) is 7.11 Å². The van der Waals surface area contributed by atoms with Gasteiger partial charge in [0.2, 0.25) is 0 Å². The van der Waals surface area contributed by atoms with E-state index in [0.29, 0.717) is 23.5 Å². The largest absolute Gasteiger partial charge is 0.497 e. The van der Waals surface area contributed by atoms with Gasteiger partial charge >= 0.3 is 0 Å². The highest BCUT2D eigenvalue weighted by Gasteiger charge is 2.13. The standard InChI is InChI=1S/C16H18N2O3/c1-20-12-8-6-11(7-9-12)10-18-16(19)13-4-3-5-14(17)15(13)21-2/h3-9H,10,17H2,1-2H3,(H,18,19). The number of ether oxygens (including phenoxy) is 2. The van der Waals surface area contributed by atoms with Crippen molar-refractivity contribution < 1.29 is 14.3 Å². The Bertz CT molecular complexity index is 624. The first-order chi connectivity index (χ1) is 10.2. The van der Waals surface area contributed by atoms with Crippen LogP contribution < -0.4 is 20.5 Å². The van der Waals surface area contributed by atoms with Crippen molar-refractivity contribution in [1.29, 1.82) is 0 Å². The third kappa shape index (κ3) is 3.45. The number of carbonyl (C=O) groups excluding carboxylic acids is 1. The van der Waals surface area contributed by atoms with Crippen LogP contribution in [0.4, 0.5) is 5.69 Å². The van der Waals surface area contributed by atoms with Gasteiger partial charge in [-0.1, -0.05) is 18.2 Å². The molecule has 0 unspecified atom stereocenters. The van der Waals surface area contributed by atoms with Gasteiger partial charge in [0.05, 0.1) is 25.5 Å². The molecular weight excluding hydrogens is 268 g/mol. The zero-order valence-electron chi connectivity index (χ0n) is 12.1. The number of hydrogen-bond donors (Lipinski definition) is 2. The van der Waals surface area contributed by atoms with Gasteiger partial charge in [-0.2, -0.15) is 0 Å². The van der Waals surface area contributed by atoms with Gasteiger partial charge in [0.1, 0.15) is 5.75 Å². The highest BCUT2D eigenvalue weighted by atomic mass is 16.5. The summed E-state index contributed by atoms with van der Waals surface area (Å²) in [5.74, 6) is 0.947. The van der Waals surface area contributed by atoms with E-state index < -0.39 is 0 Å². The third-order valence-electron chi connectivity index (χ3n) is 3.11. The number of methoxy groups -OCH3 is 2. The van der Waals surface area contributed by atoms with Crippen LogP contribution in [0.2, 0.25) is 0 Å². The summed E-state index contributed by atoms with van der Waals surface area (Å²) in [5.41, 5.74) is 7.63. The summed E-state index contributed by atoms with van der Waals surface area (Å²) in [7, 11) is 3.11. The maximum Gasteiger partial charge on any atom is 0.255 e. The highest BCUT2D eigenvalue weighted by Crippen LogP contribution is 2.25. The first-order valence-corrected chi connectivity index (χ1v) is 6.49. The van der Waals surface area contributed by atoms with E-state index in [1.807, 2.05) is 24.3 Å². The van der Waals surface area contributed by atoms with Gasteiger partial charge in [-0.3, -0.25) is 4.79 Å². The predicted molar refractivity (Wildman–Crippen MR) is 81.6 cm³/mol. The van der Waals surface area contributed by atoms with E-state index in [-0.39, 0.29) is 5.91 Å². The Morgan fingerprint density at radius 2 is 1.81 bits per heavy atom. The first-order valence-electron chi connectivity index (χ1n) is 6.49. The lowest BCUT2D eigenvalue weighted by Gasteiger charge is -2.11. The number of rotatable bonds is 5. The highest BCUT2D eigenvalue weighted by molar-refractivity contribution is 5.98. The zero-order chi connectivity index (χ0) is 15.2. The van der Waals surface area contributed by atoms with Gasteiger partial charge in [-0.25, -0.2) is 0 Å². The second-order valence-electron chi connectivity index (χ2n) is 4.46. The Balaban J connectivity index is 2.06. The average molecular weight is 286 g/mol.